The molecule has 0 saturated heterocycles. The standard InChI is InChI=1S/C14H21ClN2O/c1-13(2,3)9-14(4,5)17-12(18)10-6-7-16-11(15)8-10/h6-8H,9H2,1-5H3,(H,17,18). The second kappa shape index (κ2) is 5.27. The Labute approximate surface area is 114 Å². The summed E-state index contributed by atoms with van der Waals surface area (Å²) in [5, 5.41) is 3.36. The molecule has 0 aromatic carbocycles. The summed E-state index contributed by atoms with van der Waals surface area (Å²) < 4.78 is 0. The van der Waals surface area contributed by atoms with Crippen molar-refractivity contribution in [2.45, 2.75) is 46.6 Å². The number of rotatable bonds is 3. The van der Waals surface area contributed by atoms with E-state index in [-0.39, 0.29) is 16.9 Å². The van der Waals surface area contributed by atoms with Crippen molar-refractivity contribution in [1.82, 2.24) is 10.3 Å². The van der Waals surface area contributed by atoms with Crippen LogP contribution in [0.4, 0.5) is 0 Å². The van der Waals surface area contributed by atoms with E-state index >= 15 is 0 Å². The number of amides is 1. The van der Waals surface area contributed by atoms with Gasteiger partial charge in [0.2, 0.25) is 0 Å². The molecule has 1 aromatic rings. The lowest BCUT2D eigenvalue weighted by atomic mass is 9.81. The molecule has 0 radical (unpaired) electrons. The molecule has 3 nitrogen and oxygen atoms in total. The third-order valence-electron chi connectivity index (χ3n) is 2.41. The molecule has 0 spiro atoms. The molecule has 1 heterocycles. The van der Waals surface area contributed by atoms with Crippen LogP contribution in [-0.4, -0.2) is 16.4 Å². The molecule has 0 fully saturated rings. The van der Waals surface area contributed by atoms with Crippen LogP contribution in [0.15, 0.2) is 18.3 Å². The smallest absolute Gasteiger partial charge is 0.251 e. The number of nitrogens with one attached hydrogen (secondary N) is 1. The van der Waals surface area contributed by atoms with Gasteiger partial charge in [0.1, 0.15) is 5.15 Å². The lowest BCUT2D eigenvalue weighted by Gasteiger charge is -2.33. The van der Waals surface area contributed by atoms with Gasteiger partial charge in [0.15, 0.2) is 0 Å². The van der Waals surface area contributed by atoms with E-state index in [1.54, 1.807) is 12.1 Å². The second-order valence-electron chi connectivity index (χ2n) is 6.44. The monoisotopic (exact) mass is 268 g/mol. The molecule has 0 aliphatic heterocycles. The van der Waals surface area contributed by atoms with Gasteiger partial charge in [0, 0.05) is 17.3 Å². The van der Waals surface area contributed by atoms with Crippen LogP contribution in [0.2, 0.25) is 5.15 Å². The molecule has 0 saturated carbocycles. The zero-order valence-corrected chi connectivity index (χ0v) is 12.4. The van der Waals surface area contributed by atoms with E-state index < -0.39 is 0 Å². The van der Waals surface area contributed by atoms with E-state index in [1.165, 1.54) is 6.20 Å². The number of carbonyl (C=O) groups excluding carboxylic acids is 1. The summed E-state index contributed by atoms with van der Waals surface area (Å²) in [5.41, 5.74) is 0.439. The molecule has 0 atom stereocenters. The molecule has 0 aliphatic rings. The van der Waals surface area contributed by atoms with Crippen LogP contribution in [0.3, 0.4) is 0 Å². The van der Waals surface area contributed by atoms with Crippen molar-refractivity contribution in [1.29, 1.82) is 0 Å². The first kappa shape index (κ1) is 15.0. The number of carbonyl (C=O) groups is 1. The first-order chi connectivity index (χ1) is 8.09. The Bertz CT molecular complexity index is 436. The molecular formula is C14H21ClN2O. The first-order valence-corrected chi connectivity index (χ1v) is 6.41. The summed E-state index contributed by atoms with van der Waals surface area (Å²) in [6.45, 7) is 10.5. The zero-order chi connectivity index (χ0) is 14.0. The first-order valence-electron chi connectivity index (χ1n) is 6.03. The van der Waals surface area contributed by atoms with Crippen molar-refractivity contribution < 1.29 is 4.79 Å². The van der Waals surface area contributed by atoms with Gasteiger partial charge in [0.25, 0.3) is 5.91 Å². The van der Waals surface area contributed by atoms with Gasteiger partial charge in [0.05, 0.1) is 0 Å². The highest BCUT2D eigenvalue weighted by molar-refractivity contribution is 6.29. The minimum atomic E-state index is -0.259. The SMILES string of the molecule is CC(C)(C)CC(C)(C)NC(=O)c1ccnc(Cl)c1. The molecule has 0 unspecified atom stereocenters. The molecule has 1 N–H and O–H groups in total. The Hall–Kier alpha value is -1.09. The van der Waals surface area contributed by atoms with Crippen molar-refractivity contribution in [3.8, 4) is 0 Å². The Morgan fingerprint density at radius 3 is 2.44 bits per heavy atom. The lowest BCUT2D eigenvalue weighted by Crippen LogP contribution is -2.45. The predicted molar refractivity (Wildman–Crippen MR) is 74.9 cm³/mol. The van der Waals surface area contributed by atoms with E-state index in [9.17, 15) is 4.79 Å². The van der Waals surface area contributed by atoms with Crippen molar-refractivity contribution in [2.24, 2.45) is 5.41 Å². The Kier molecular flexibility index (Phi) is 4.38. The summed E-state index contributed by atoms with van der Waals surface area (Å²) in [7, 11) is 0. The molecule has 0 bridgehead atoms. The number of halogens is 1. The zero-order valence-electron chi connectivity index (χ0n) is 11.7. The second-order valence-corrected chi connectivity index (χ2v) is 6.83. The minimum absolute atomic E-state index is 0.117. The number of pyridine rings is 1. The molecule has 100 valence electrons. The third-order valence-corrected chi connectivity index (χ3v) is 2.62. The summed E-state index contributed by atoms with van der Waals surface area (Å²) in [6, 6.07) is 3.23. The van der Waals surface area contributed by atoms with Crippen molar-refractivity contribution in [3.63, 3.8) is 0 Å². The molecule has 18 heavy (non-hydrogen) atoms. The van der Waals surface area contributed by atoms with Gasteiger partial charge in [-0.1, -0.05) is 32.4 Å². The minimum Gasteiger partial charge on any atom is -0.347 e. The topological polar surface area (TPSA) is 42.0 Å². The molecule has 1 amide bonds. The molecular weight excluding hydrogens is 248 g/mol. The Morgan fingerprint density at radius 1 is 1.33 bits per heavy atom. The van der Waals surface area contributed by atoms with Gasteiger partial charge >= 0.3 is 0 Å². The maximum atomic E-state index is 12.1. The quantitative estimate of drug-likeness (QED) is 0.850. The Morgan fingerprint density at radius 2 is 1.94 bits per heavy atom. The van der Waals surface area contributed by atoms with Crippen molar-refractivity contribution in [2.75, 3.05) is 0 Å². The number of hydrogen-bond donors (Lipinski definition) is 1. The van der Waals surface area contributed by atoms with Crippen LogP contribution in [-0.2, 0) is 0 Å². The predicted octanol–water partition coefficient (Wildman–Crippen LogP) is 3.68. The highest BCUT2D eigenvalue weighted by Gasteiger charge is 2.27. The van der Waals surface area contributed by atoms with Crippen LogP contribution in [0.25, 0.3) is 0 Å². The van der Waals surface area contributed by atoms with E-state index in [2.05, 4.69) is 31.1 Å². The normalized spacial score (nSPS) is 12.3. The van der Waals surface area contributed by atoms with Crippen molar-refractivity contribution >= 4 is 17.5 Å². The van der Waals surface area contributed by atoms with Gasteiger partial charge in [-0.25, -0.2) is 4.98 Å². The summed E-state index contributed by atoms with van der Waals surface area (Å²) >= 11 is 5.78. The number of hydrogen-bond acceptors (Lipinski definition) is 2. The van der Waals surface area contributed by atoms with Crippen LogP contribution in [0.5, 0.6) is 0 Å². The van der Waals surface area contributed by atoms with E-state index in [1.807, 2.05) is 13.8 Å². The molecule has 1 rings (SSSR count). The number of aromatic nitrogens is 1. The van der Waals surface area contributed by atoms with Gasteiger partial charge in [-0.05, 0) is 37.8 Å². The average molecular weight is 269 g/mol. The fourth-order valence-electron chi connectivity index (χ4n) is 2.29. The van der Waals surface area contributed by atoms with Crippen LogP contribution in [0, 0.1) is 5.41 Å². The van der Waals surface area contributed by atoms with Gasteiger partial charge in [-0.2, -0.15) is 0 Å². The molecule has 4 heteroatoms. The van der Waals surface area contributed by atoms with Crippen LogP contribution < -0.4 is 5.32 Å². The highest BCUT2D eigenvalue weighted by atomic mass is 35.5. The average Bonchev–Trinajstić information content (AvgIpc) is 2.12. The fraction of sp³-hybridized carbons (Fsp3) is 0.571. The largest absolute Gasteiger partial charge is 0.347 e. The van der Waals surface area contributed by atoms with E-state index in [4.69, 9.17) is 11.6 Å². The van der Waals surface area contributed by atoms with Gasteiger partial charge < -0.3 is 5.32 Å². The lowest BCUT2D eigenvalue weighted by molar-refractivity contribution is 0.0891. The number of nitrogens with zero attached hydrogens (tertiary/aromatic N) is 1. The van der Waals surface area contributed by atoms with Gasteiger partial charge in [-0.3, -0.25) is 4.79 Å². The fourth-order valence-corrected chi connectivity index (χ4v) is 2.47. The van der Waals surface area contributed by atoms with Crippen LogP contribution in [0.1, 0.15) is 51.4 Å². The van der Waals surface area contributed by atoms with Crippen LogP contribution >= 0.6 is 11.6 Å². The summed E-state index contributed by atoms with van der Waals surface area (Å²) in [4.78, 5) is 16.0. The van der Waals surface area contributed by atoms with Gasteiger partial charge in [-0.15, -0.1) is 0 Å². The highest BCUT2D eigenvalue weighted by Crippen LogP contribution is 2.27. The summed E-state index contributed by atoms with van der Waals surface area (Å²) in [6.07, 6.45) is 2.43. The van der Waals surface area contributed by atoms with Crippen molar-refractivity contribution in [3.05, 3.63) is 29.0 Å². The Balaban J connectivity index is 2.75. The maximum absolute atomic E-state index is 12.1. The molecule has 1 aromatic heterocycles. The van der Waals surface area contributed by atoms with E-state index in [0.29, 0.717) is 10.7 Å². The maximum Gasteiger partial charge on any atom is 0.251 e. The van der Waals surface area contributed by atoms with E-state index in [0.717, 1.165) is 6.42 Å². The summed E-state index contributed by atoms with van der Waals surface area (Å²) in [5.74, 6) is -0.117. The molecule has 0 aliphatic carbocycles. The third kappa shape index (κ3) is 5.05.